The number of benzene rings is 1. The molecule has 0 saturated carbocycles. The molecule has 1 aliphatic carbocycles. The second kappa shape index (κ2) is 10.1. The number of nitrogens with zero attached hydrogens (tertiary/aromatic N) is 4. The number of nitrogens with one attached hydrogen (secondary N) is 1. The molecule has 30 heavy (non-hydrogen) atoms. The quantitative estimate of drug-likeness (QED) is 0.351. The molecule has 2 aliphatic rings. The summed E-state index contributed by atoms with van der Waals surface area (Å²) in [5.74, 6) is 0.675. The van der Waals surface area contributed by atoms with Gasteiger partial charge in [-0.15, -0.1) is 24.0 Å². The Morgan fingerprint density at radius 3 is 2.63 bits per heavy atom. The normalized spacial score (nSPS) is 17.5. The van der Waals surface area contributed by atoms with Gasteiger partial charge in [0.2, 0.25) is 10.0 Å². The zero-order chi connectivity index (χ0) is 20.3. The highest BCUT2D eigenvalue weighted by molar-refractivity contribution is 14.0. The van der Waals surface area contributed by atoms with Crippen LogP contribution in [0.25, 0.3) is 0 Å². The van der Waals surface area contributed by atoms with Gasteiger partial charge in [0.05, 0.1) is 5.69 Å². The lowest BCUT2D eigenvalue weighted by atomic mass is 10.1. The van der Waals surface area contributed by atoms with E-state index in [4.69, 9.17) is 4.52 Å². The van der Waals surface area contributed by atoms with Crippen molar-refractivity contribution in [1.29, 1.82) is 0 Å². The van der Waals surface area contributed by atoms with E-state index in [0.29, 0.717) is 38.4 Å². The van der Waals surface area contributed by atoms with Gasteiger partial charge >= 0.3 is 0 Å². The molecule has 1 aromatic carbocycles. The van der Waals surface area contributed by atoms with Gasteiger partial charge in [0.15, 0.2) is 5.96 Å². The lowest BCUT2D eigenvalue weighted by molar-refractivity contribution is 0.259. The standard InChI is InChI=1S/C20H27N5O3S.HI/c1-21-20(22-14-16-5-6-17-3-2-4-18(17)13-16)24-8-10-25(11-9-24)29(26,27)15-19-7-12-28-23-19;/h5-7,12-13H,2-4,8-11,14-15H2,1H3,(H,21,22);1H. The molecule has 0 bridgehead atoms. The van der Waals surface area contributed by atoms with Gasteiger partial charge in [-0.05, 0) is 36.0 Å². The van der Waals surface area contributed by atoms with Gasteiger partial charge in [-0.2, -0.15) is 4.31 Å². The van der Waals surface area contributed by atoms with Crippen molar-refractivity contribution in [2.24, 2.45) is 4.99 Å². The van der Waals surface area contributed by atoms with E-state index in [9.17, 15) is 8.42 Å². The zero-order valence-corrected chi connectivity index (χ0v) is 20.2. The topological polar surface area (TPSA) is 91.0 Å². The van der Waals surface area contributed by atoms with Gasteiger partial charge in [0.1, 0.15) is 12.0 Å². The van der Waals surface area contributed by atoms with Crippen molar-refractivity contribution < 1.29 is 12.9 Å². The molecule has 1 aromatic heterocycles. The molecule has 164 valence electrons. The SMILES string of the molecule is CN=C(NCc1ccc2c(c1)CCC2)N1CCN(S(=O)(=O)Cc2ccon2)CC1.I. The van der Waals surface area contributed by atoms with E-state index in [2.05, 4.69) is 38.6 Å². The number of guanidine groups is 1. The average molecular weight is 545 g/mol. The first-order chi connectivity index (χ1) is 14.0. The second-order valence-electron chi connectivity index (χ2n) is 7.49. The van der Waals surface area contributed by atoms with Crippen LogP contribution in [0.1, 0.15) is 28.8 Å². The molecule has 4 rings (SSSR count). The summed E-state index contributed by atoms with van der Waals surface area (Å²) in [6, 6.07) is 8.29. The minimum absolute atomic E-state index is 0. The molecule has 2 heterocycles. The van der Waals surface area contributed by atoms with E-state index in [0.717, 1.165) is 5.96 Å². The minimum atomic E-state index is -3.40. The molecule has 2 aromatic rings. The monoisotopic (exact) mass is 545 g/mol. The summed E-state index contributed by atoms with van der Waals surface area (Å²) in [7, 11) is -1.64. The van der Waals surface area contributed by atoms with Crippen LogP contribution in [0.15, 0.2) is 40.0 Å². The summed E-state index contributed by atoms with van der Waals surface area (Å²) in [5, 5.41) is 7.13. The van der Waals surface area contributed by atoms with Crippen molar-refractivity contribution in [2.75, 3.05) is 33.2 Å². The lowest BCUT2D eigenvalue weighted by Crippen LogP contribution is -2.53. The van der Waals surface area contributed by atoms with E-state index < -0.39 is 10.0 Å². The summed E-state index contributed by atoms with van der Waals surface area (Å²) in [4.78, 5) is 6.50. The molecule has 1 N–H and O–H groups in total. The number of rotatable bonds is 5. The van der Waals surface area contributed by atoms with E-state index in [1.807, 2.05) is 0 Å². The molecule has 1 fully saturated rings. The Hall–Kier alpha value is -1.66. The fourth-order valence-electron chi connectivity index (χ4n) is 4.02. The lowest BCUT2D eigenvalue weighted by Gasteiger charge is -2.35. The predicted molar refractivity (Wildman–Crippen MR) is 126 cm³/mol. The highest BCUT2D eigenvalue weighted by atomic mass is 127. The first-order valence-electron chi connectivity index (χ1n) is 9.98. The fourth-order valence-corrected chi connectivity index (χ4v) is 5.44. The van der Waals surface area contributed by atoms with Crippen LogP contribution >= 0.6 is 24.0 Å². The number of hydrogen-bond acceptors (Lipinski definition) is 5. The summed E-state index contributed by atoms with van der Waals surface area (Å²) < 4.78 is 31.4. The van der Waals surface area contributed by atoms with Gasteiger partial charge in [-0.1, -0.05) is 23.4 Å². The molecule has 1 aliphatic heterocycles. The summed E-state index contributed by atoms with van der Waals surface area (Å²) in [5.41, 5.74) is 4.62. The maximum Gasteiger partial charge on any atom is 0.220 e. The smallest absolute Gasteiger partial charge is 0.220 e. The molecule has 0 amide bonds. The Kier molecular flexibility index (Phi) is 7.75. The molecule has 0 atom stereocenters. The van der Waals surface area contributed by atoms with Crippen molar-refractivity contribution in [3.05, 3.63) is 52.9 Å². The van der Waals surface area contributed by atoms with E-state index >= 15 is 0 Å². The zero-order valence-electron chi connectivity index (χ0n) is 17.1. The van der Waals surface area contributed by atoms with E-state index in [1.165, 1.54) is 46.5 Å². The first kappa shape index (κ1) is 23.0. The third kappa shape index (κ3) is 5.33. The number of halogens is 1. The summed E-state index contributed by atoms with van der Waals surface area (Å²) in [6.45, 7) is 2.77. The van der Waals surface area contributed by atoms with Crippen LogP contribution in [-0.4, -0.2) is 62.0 Å². The van der Waals surface area contributed by atoms with Crippen LogP contribution < -0.4 is 5.32 Å². The van der Waals surface area contributed by atoms with Crippen LogP contribution in [0, 0.1) is 0 Å². The van der Waals surface area contributed by atoms with Crippen molar-refractivity contribution in [2.45, 2.75) is 31.6 Å². The van der Waals surface area contributed by atoms with E-state index in [1.54, 1.807) is 13.1 Å². The highest BCUT2D eigenvalue weighted by Gasteiger charge is 2.29. The Bertz CT molecular complexity index is 970. The molecule has 8 nitrogen and oxygen atoms in total. The number of sulfonamides is 1. The molecule has 0 unspecified atom stereocenters. The highest BCUT2D eigenvalue weighted by Crippen LogP contribution is 2.22. The number of aliphatic imine (C=N–C) groups is 1. The third-order valence-corrected chi connectivity index (χ3v) is 7.39. The number of piperazine rings is 1. The van der Waals surface area contributed by atoms with Crippen molar-refractivity contribution >= 4 is 40.0 Å². The van der Waals surface area contributed by atoms with Gasteiger partial charge in [0.25, 0.3) is 0 Å². The Labute approximate surface area is 194 Å². The maximum atomic E-state index is 12.6. The first-order valence-corrected chi connectivity index (χ1v) is 11.6. The van der Waals surface area contributed by atoms with Gasteiger partial charge in [-0.3, -0.25) is 4.99 Å². The average Bonchev–Trinajstić information content (AvgIpc) is 3.40. The minimum Gasteiger partial charge on any atom is -0.364 e. The van der Waals surface area contributed by atoms with Gasteiger partial charge in [-0.25, -0.2) is 8.42 Å². The number of fused-ring (bicyclic) bond motifs is 1. The number of hydrogen-bond donors (Lipinski definition) is 1. The van der Waals surface area contributed by atoms with Crippen LogP contribution in [0.3, 0.4) is 0 Å². The number of aryl methyl sites for hydroxylation is 2. The van der Waals surface area contributed by atoms with Gasteiger partial charge in [0, 0.05) is 45.8 Å². The largest absolute Gasteiger partial charge is 0.364 e. The summed E-state index contributed by atoms with van der Waals surface area (Å²) in [6.07, 6.45) is 4.99. The Morgan fingerprint density at radius 2 is 1.93 bits per heavy atom. The summed E-state index contributed by atoms with van der Waals surface area (Å²) >= 11 is 0. The second-order valence-corrected chi connectivity index (χ2v) is 9.46. The molecule has 1 saturated heterocycles. The molecule has 0 radical (unpaired) electrons. The molecule has 0 spiro atoms. The number of aromatic nitrogens is 1. The van der Waals surface area contributed by atoms with Crippen molar-refractivity contribution in [3.63, 3.8) is 0 Å². The molecular weight excluding hydrogens is 517 g/mol. The predicted octanol–water partition coefficient (Wildman–Crippen LogP) is 2.00. The van der Waals surface area contributed by atoms with Crippen molar-refractivity contribution in [1.82, 2.24) is 19.7 Å². The molecular formula is C20H28IN5O3S. The maximum absolute atomic E-state index is 12.6. The van der Waals surface area contributed by atoms with Crippen LogP contribution in [0.2, 0.25) is 0 Å². The van der Waals surface area contributed by atoms with E-state index in [-0.39, 0.29) is 29.7 Å². The van der Waals surface area contributed by atoms with Crippen LogP contribution in [0.5, 0.6) is 0 Å². The Morgan fingerprint density at radius 1 is 1.17 bits per heavy atom. The Balaban J connectivity index is 0.00000256. The van der Waals surface area contributed by atoms with Crippen molar-refractivity contribution in [3.8, 4) is 0 Å². The fraction of sp³-hybridized carbons (Fsp3) is 0.500. The molecule has 10 heteroatoms. The third-order valence-electron chi connectivity index (χ3n) is 5.58. The van der Waals surface area contributed by atoms with Gasteiger partial charge < -0.3 is 14.7 Å². The van der Waals surface area contributed by atoms with Crippen LogP contribution in [-0.2, 0) is 35.2 Å². The van der Waals surface area contributed by atoms with Crippen LogP contribution in [0.4, 0.5) is 0 Å².